The fourth-order valence-corrected chi connectivity index (χ4v) is 2.73. The van der Waals surface area contributed by atoms with Crippen LogP contribution in [0.15, 0.2) is 53.1 Å². The summed E-state index contributed by atoms with van der Waals surface area (Å²) in [7, 11) is 1.59. The fourth-order valence-electron chi connectivity index (χ4n) is 2.73. The molecular weight excluding hydrogens is 350 g/mol. The number of fused-ring (bicyclic) bond motifs is 1. The number of nitrogens with zero attached hydrogens (tertiary/aromatic N) is 2. The molecule has 2 N–H and O–H groups in total. The molecule has 0 fully saturated rings. The quantitative estimate of drug-likeness (QED) is 0.538. The SMILES string of the molecule is COc1ccccc1-c1nc(COc2ccc3c(C(=O)O)n[nH]c3c2)co1. The molecule has 2 heterocycles. The Hall–Kier alpha value is -3.81. The van der Waals surface area contributed by atoms with Crippen molar-refractivity contribution in [3.8, 4) is 23.0 Å². The Bertz CT molecular complexity index is 1120. The minimum absolute atomic E-state index is 0.0190. The van der Waals surface area contributed by atoms with E-state index in [0.717, 1.165) is 5.56 Å². The zero-order valence-electron chi connectivity index (χ0n) is 14.3. The molecule has 8 nitrogen and oxygen atoms in total. The number of hydrogen-bond donors (Lipinski definition) is 2. The van der Waals surface area contributed by atoms with E-state index in [1.807, 2.05) is 24.3 Å². The summed E-state index contributed by atoms with van der Waals surface area (Å²) in [5.74, 6) is 0.596. The lowest BCUT2D eigenvalue weighted by Crippen LogP contribution is -1.97. The molecule has 0 spiro atoms. The van der Waals surface area contributed by atoms with Crippen LogP contribution < -0.4 is 9.47 Å². The van der Waals surface area contributed by atoms with Gasteiger partial charge in [0.1, 0.15) is 30.1 Å². The molecule has 0 unspecified atom stereocenters. The Morgan fingerprint density at radius 1 is 1.26 bits per heavy atom. The van der Waals surface area contributed by atoms with Gasteiger partial charge >= 0.3 is 5.97 Å². The third-order valence-electron chi connectivity index (χ3n) is 4.01. The minimum atomic E-state index is -1.08. The smallest absolute Gasteiger partial charge is 0.357 e. The number of carboxylic acid groups (broad SMARTS) is 1. The number of methoxy groups -OCH3 is 1. The van der Waals surface area contributed by atoms with Gasteiger partial charge in [-0.1, -0.05) is 12.1 Å². The molecule has 2 aromatic heterocycles. The summed E-state index contributed by atoms with van der Waals surface area (Å²) in [4.78, 5) is 15.5. The van der Waals surface area contributed by atoms with E-state index in [1.54, 1.807) is 25.3 Å². The van der Waals surface area contributed by atoms with Crippen LogP contribution in [0.1, 0.15) is 16.2 Å². The first-order valence-electron chi connectivity index (χ1n) is 8.07. The number of hydrogen-bond acceptors (Lipinski definition) is 6. The van der Waals surface area contributed by atoms with Crippen LogP contribution in [-0.4, -0.2) is 33.4 Å². The first-order valence-corrected chi connectivity index (χ1v) is 8.07. The van der Waals surface area contributed by atoms with Crippen molar-refractivity contribution in [3.63, 3.8) is 0 Å². The van der Waals surface area contributed by atoms with Gasteiger partial charge in [-0.05, 0) is 24.3 Å². The summed E-state index contributed by atoms with van der Waals surface area (Å²) >= 11 is 0. The topological polar surface area (TPSA) is 110 Å². The number of rotatable bonds is 6. The number of benzene rings is 2. The average molecular weight is 365 g/mol. The van der Waals surface area contributed by atoms with Crippen molar-refractivity contribution in [2.24, 2.45) is 0 Å². The number of H-pyrrole nitrogens is 1. The van der Waals surface area contributed by atoms with Gasteiger partial charge in [0.15, 0.2) is 5.69 Å². The van der Waals surface area contributed by atoms with Gasteiger partial charge in [0.05, 0.1) is 18.2 Å². The Labute approximate surface area is 153 Å². The molecule has 0 radical (unpaired) electrons. The van der Waals surface area contributed by atoms with Crippen LogP contribution in [0.2, 0.25) is 0 Å². The Balaban J connectivity index is 1.50. The molecule has 8 heteroatoms. The summed E-state index contributed by atoms with van der Waals surface area (Å²) in [6.45, 7) is 0.198. The van der Waals surface area contributed by atoms with Crippen LogP contribution in [0.5, 0.6) is 11.5 Å². The van der Waals surface area contributed by atoms with Gasteiger partial charge in [-0.25, -0.2) is 9.78 Å². The second-order valence-electron chi connectivity index (χ2n) is 5.72. The summed E-state index contributed by atoms with van der Waals surface area (Å²) < 4.78 is 16.6. The first kappa shape index (κ1) is 16.6. The van der Waals surface area contributed by atoms with Crippen molar-refractivity contribution in [2.75, 3.05) is 7.11 Å². The van der Waals surface area contributed by atoms with Gasteiger partial charge < -0.3 is 19.0 Å². The second kappa shape index (κ2) is 6.83. The molecule has 0 bridgehead atoms. The largest absolute Gasteiger partial charge is 0.496 e. The summed E-state index contributed by atoms with van der Waals surface area (Å²) in [6.07, 6.45) is 1.53. The molecule has 4 aromatic rings. The van der Waals surface area contributed by atoms with Crippen molar-refractivity contribution >= 4 is 16.9 Å². The maximum atomic E-state index is 11.1. The van der Waals surface area contributed by atoms with E-state index in [-0.39, 0.29) is 12.3 Å². The van der Waals surface area contributed by atoms with E-state index in [4.69, 9.17) is 19.0 Å². The van der Waals surface area contributed by atoms with Gasteiger partial charge in [-0.2, -0.15) is 5.10 Å². The number of ether oxygens (including phenoxy) is 2. The van der Waals surface area contributed by atoms with E-state index in [1.165, 1.54) is 6.26 Å². The number of aromatic amines is 1. The molecule has 2 aromatic carbocycles. The highest BCUT2D eigenvalue weighted by molar-refractivity contribution is 6.01. The monoisotopic (exact) mass is 365 g/mol. The molecule has 136 valence electrons. The van der Waals surface area contributed by atoms with Crippen molar-refractivity contribution in [2.45, 2.75) is 6.61 Å². The Kier molecular flexibility index (Phi) is 4.21. The van der Waals surface area contributed by atoms with E-state index >= 15 is 0 Å². The van der Waals surface area contributed by atoms with Crippen LogP contribution in [-0.2, 0) is 6.61 Å². The molecule has 0 saturated carbocycles. The highest BCUT2D eigenvalue weighted by Crippen LogP contribution is 2.29. The zero-order valence-corrected chi connectivity index (χ0v) is 14.3. The van der Waals surface area contributed by atoms with Crippen molar-refractivity contribution in [3.05, 3.63) is 60.1 Å². The van der Waals surface area contributed by atoms with Crippen molar-refractivity contribution in [1.82, 2.24) is 15.2 Å². The van der Waals surface area contributed by atoms with Crippen LogP contribution >= 0.6 is 0 Å². The Morgan fingerprint density at radius 2 is 2.11 bits per heavy atom. The molecule has 0 saturated heterocycles. The number of aromatic nitrogens is 3. The van der Waals surface area contributed by atoms with E-state index in [9.17, 15) is 4.79 Å². The minimum Gasteiger partial charge on any atom is -0.496 e. The van der Waals surface area contributed by atoms with Crippen LogP contribution in [0.25, 0.3) is 22.4 Å². The highest BCUT2D eigenvalue weighted by Gasteiger charge is 2.14. The summed E-state index contributed by atoms with van der Waals surface area (Å²) in [6, 6.07) is 12.5. The maximum Gasteiger partial charge on any atom is 0.357 e. The predicted octanol–water partition coefficient (Wildman–Crippen LogP) is 3.50. The summed E-state index contributed by atoms with van der Waals surface area (Å²) in [5, 5.41) is 16.1. The molecule has 27 heavy (non-hydrogen) atoms. The lowest BCUT2D eigenvalue weighted by atomic mass is 10.2. The van der Waals surface area contributed by atoms with E-state index < -0.39 is 5.97 Å². The number of para-hydroxylation sites is 1. The first-order chi connectivity index (χ1) is 13.2. The van der Waals surface area contributed by atoms with Gasteiger partial charge in [0.2, 0.25) is 5.89 Å². The molecule has 4 rings (SSSR count). The van der Waals surface area contributed by atoms with Gasteiger partial charge in [0, 0.05) is 11.5 Å². The Morgan fingerprint density at radius 3 is 2.93 bits per heavy atom. The molecule has 0 amide bonds. The lowest BCUT2D eigenvalue weighted by molar-refractivity contribution is 0.0692. The van der Waals surface area contributed by atoms with E-state index in [0.29, 0.717) is 34.0 Å². The van der Waals surface area contributed by atoms with Crippen LogP contribution in [0.4, 0.5) is 0 Å². The number of nitrogens with one attached hydrogen (secondary N) is 1. The van der Waals surface area contributed by atoms with Gasteiger partial charge in [-0.15, -0.1) is 0 Å². The van der Waals surface area contributed by atoms with Crippen LogP contribution in [0, 0.1) is 0 Å². The van der Waals surface area contributed by atoms with Gasteiger partial charge in [-0.3, -0.25) is 5.10 Å². The molecule has 0 aliphatic carbocycles. The fraction of sp³-hybridized carbons (Fsp3) is 0.105. The molecule has 0 atom stereocenters. The normalized spacial score (nSPS) is 10.9. The third-order valence-corrected chi connectivity index (χ3v) is 4.01. The molecule has 0 aliphatic heterocycles. The van der Waals surface area contributed by atoms with Crippen LogP contribution in [0.3, 0.4) is 0 Å². The average Bonchev–Trinajstić information content (AvgIpc) is 3.33. The highest BCUT2D eigenvalue weighted by atomic mass is 16.5. The predicted molar refractivity (Wildman–Crippen MR) is 95.9 cm³/mol. The summed E-state index contributed by atoms with van der Waals surface area (Å²) in [5.41, 5.74) is 1.94. The zero-order chi connectivity index (χ0) is 18.8. The molecule has 0 aliphatic rings. The standard InChI is InChI=1S/C19H15N3O5/c1-25-16-5-3-2-4-14(16)18-20-11(10-27-18)9-26-12-6-7-13-15(8-12)21-22-17(13)19(23)24/h2-8,10H,9H2,1H3,(H,21,22)(H,23,24). The third kappa shape index (κ3) is 3.20. The number of oxazole rings is 1. The van der Waals surface area contributed by atoms with Crippen molar-refractivity contribution in [1.29, 1.82) is 0 Å². The van der Waals surface area contributed by atoms with E-state index in [2.05, 4.69) is 15.2 Å². The number of carbonyl (C=O) groups is 1. The van der Waals surface area contributed by atoms with Gasteiger partial charge in [0.25, 0.3) is 0 Å². The second-order valence-corrected chi connectivity index (χ2v) is 5.72. The lowest BCUT2D eigenvalue weighted by Gasteiger charge is -2.04. The van der Waals surface area contributed by atoms with Crippen molar-refractivity contribution < 1.29 is 23.8 Å². The molecular formula is C19H15N3O5. The number of aromatic carboxylic acids is 1. The maximum absolute atomic E-state index is 11.1. The number of carboxylic acids is 1.